The quantitative estimate of drug-likeness (QED) is 0.916. The molecular weight excluding hydrogens is 288 g/mol. The van der Waals surface area contributed by atoms with Crippen molar-refractivity contribution in [3.8, 4) is 0 Å². The molecule has 4 nitrogen and oxygen atoms in total. The van der Waals surface area contributed by atoms with Crippen LogP contribution in [0.4, 0.5) is 0 Å². The Morgan fingerprint density at radius 2 is 2.24 bits per heavy atom. The maximum absolute atomic E-state index is 12.2. The topological polar surface area (TPSA) is 54.3 Å². The highest BCUT2D eigenvalue weighted by Gasteiger charge is 2.27. The van der Waals surface area contributed by atoms with Crippen molar-refractivity contribution in [1.82, 2.24) is 10.6 Å². The molecule has 3 rings (SSSR count). The lowest BCUT2D eigenvalue weighted by molar-refractivity contribution is 0.0899. The number of furan rings is 1. The minimum atomic E-state index is -0.131. The summed E-state index contributed by atoms with van der Waals surface area (Å²) in [6.45, 7) is 4.91. The zero-order valence-corrected chi connectivity index (χ0v) is 13.0. The van der Waals surface area contributed by atoms with E-state index in [0.717, 1.165) is 36.9 Å². The summed E-state index contributed by atoms with van der Waals surface area (Å²) in [5, 5.41) is 7.34. The van der Waals surface area contributed by atoms with Crippen LogP contribution in [0.25, 0.3) is 11.0 Å². The average molecular weight is 309 g/mol. The first-order valence-electron chi connectivity index (χ1n) is 7.14. The van der Waals surface area contributed by atoms with E-state index < -0.39 is 0 Å². The summed E-state index contributed by atoms with van der Waals surface area (Å²) >= 11 is 0. The highest BCUT2D eigenvalue weighted by atomic mass is 35.5. The molecule has 114 valence electrons. The zero-order chi connectivity index (χ0) is 14.0. The monoisotopic (exact) mass is 308 g/mol. The number of rotatable bonds is 3. The molecule has 21 heavy (non-hydrogen) atoms. The van der Waals surface area contributed by atoms with Gasteiger partial charge in [-0.25, -0.2) is 0 Å². The molecule has 1 atom stereocenters. The second-order valence-corrected chi connectivity index (χ2v) is 5.92. The van der Waals surface area contributed by atoms with Crippen LogP contribution < -0.4 is 10.6 Å². The number of hydrogen-bond acceptors (Lipinski definition) is 3. The van der Waals surface area contributed by atoms with Crippen molar-refractivity contribution in [3.63, 3.8) is 0 Å². The number of carbonyl (C=O) groups is 1. The summed E-state index contributed by atoms with van der Waals surface area (Å²) in [7, 11) is 0. The Hall–Kier alpha value is -1.52. The molecule has 2 N–H and O–H groups in total. The van der Waals surface area contributed by atoms with Crippen LogP contribution in [0, 0.1) is 5.41 Å². The van der Waals surface area contributed by atoms with Crippen molar-refractivity contribution in [2.75, 3.05) is 19.6 Å². The van der Waals surface area contributed by atoms with Crippen LogP contribution in [0.2, 0.25) is 0 Å². The van der Waals surface area contributed by atoms with Crippen LogP contribution in [-0.2, 0) is 0 Å². The maximum atomic E-state index is 12.2. The predicted molar refractivity (Wildman–Crippen MR) is 86.0 cm³/mol. The largest absolute Gasteiger partial charge is 0.451 e. The van der Waals surface area contributed by atoms with Crippen LogP contribution in [0.15, 0.2) is 34.7 Å². The molecule has 1 aliphatic rings. The summed E-state index contributed by atoms with van der Waals surface area (Å²) < 4.78 is 5.57. The van der Waals surface area contributed by atoms with E-state index in [1.807, 2.05) is 24.3 Å². The van der Waals surface area contributed by atoms with Gasteiger partial charge in [-0.15, -0.1) is 12.4 Å². The van der Waals surface area contributed by atoms with Crippen LogP contribution in [-0.4, -0.2) is 25.5 Å². The fraction of sp³-hybridized carbons (Fsp3) is 0.438. The van der Waals surface area contributed by atoms with Gasteiger partial charge in [-0.1, -0.05) is 25.1 Å². The Kier molecular flexibility index (Phi) is 4.91. The van der Waals surface area contributed by atoms with E-state index in [9.17, 15) is 4.79 Å². The lowest BCUT2D eigenvalue weighted by Gasteiger charge is -2.34. The Labute approximate surface area is 130 Å². The number of fused-ring (bicyclic) bond motifs is 1. The lowest BCUT2D eigenvalue weighted by Crippen LogP contribution is -2.45. The molecule has 0 radical (unpaired) electrons. The Balaban J connectivity index is 0.00000161. The van der Waals surface area contributed by atoms with Crippen LogP contribution in [0.5, 0.6) is 0 Å². The zero-order valence-electron chi connectivity index (χ0n) is 12.1. The fourth-order valence-corrected chi connectivity index (χ4v) is 2.74. The van der Waals surface area contributed by atoms with Gasteiger partial charge in [0.1, 0.15) is 5.58 Å². The first kappa shape index (κ1) is 15.9. The average Bonchev–Trinajstić information content (AvgIpc) is 2.89. The van der Waals surface area contributed by atoms with Crippen LogP contribution in [0.3, 0.4) is 0 Å². The molecule has 0 bridgehead atoms. The predicted octanol–water partition coefficient (Wildman–Crippen LogP) is 2.97. The maximum Gasteiger partial charge on any atom is 0.287 e. The number of carbonyl (C=O) groups excluding carboxylic acids is 1. The molecule has 1 amide bonds. The number of halogens is 1. The van der Waals surface area contributed by atoms with Crippen molar-refractivity contribution in [2.45, 2.75) is 19.8 Å². The van der Waals surface area contributed by atoms with Gasteiger partial charge in [0.05, 0.1) is 0 Å². The first-order chi connectivity index (χ1) is 9.66. The van der Waals surface area contributed by atoms with Gasteiger partial charge in [0.25, 0.3) is 5.91 Å². The molecule has 5 heteroatoms. The summed E-state index contributed by atoms with van der Waals surface area (Å²) in [6, 6.07) is 9.46. The van der Waals surface area contributed by atoms with Gasteiger partial charge in [-0.05, 0) is 36.9 Å². The third-order valence-electron chi connectivity index (χ3n) is 4.01. The molecule has 0 aliphatic carbocycles. The van der Waals surface area contributed by atoms with E-state index >= 15 is 0 Å². The van der Waals surface area contributed by atoms with Gasteiger partial charge in [-0.3, -0.25) is 4.79 Å². The molecule has 0 spiro atoms. The number of amides is 1. The van der Waals surface area contributed by atoms with Crippen molar-refractivity contribution < 1.29 is 9.21 Å². The van der Waals surface area contributed by atoms with E-state index in [1.54, 1.807) is 6.07 Å². The number of benzene rings is 1. The summed E-state index contributed by atoms with van der Waals surface area (Å²) in [5.41, 5.74) is 0.892. The third kappa shape index (κ3) is 3.57. The van der Waals surface area contributed by atoms with Crippen LogP contribution >= 0.6 is 12.4 Å². The lowest BCUT2D eigenvalue weighted by atomic mass is 9.83. The standard InChI is InChI=1S/C16H20N2O2.ClH/c1-16(7-4-8-17-10-16)11-18-15(19)14-9-12-5-2-3-6-13(12)20-14;/h2-3,5-6,9,17H,4,7-8,10-11H2,1H3,(H,18,19);1H. The molecular formula is C16H21ClN2O2. The summed E-state index contributed by atoms with van der Waals surface area (Å²) in [6.07, 6.45) is 2.30. The SMILES string of the molecule is CC1(CNC(=O)c2cc3ccccc3o2)CCCNC1.Cl. The summed E-state index contributed by atoms with van der Waals surface area (Å²) in [4.78, 5) is 12.2. The van der Waals surface area contributed by atoms with Gasteiger partial charge in [0.2, 0.25) is 0 Å². The molecule has 1 unspecified atom stereocenters. The number of hydrogen-bond donors (Lipinski definition) is 2. The number of piperidine rings is 1. The fourth-order valence-electron chi connectivity index (χ4n) is 2.74. The normalized spacial score (nSPS) is 21.8. The van der Waals surface area contributed by atoms with E-state index in [0.29, 0.717) is 12.3 Å². The van der Waals surface area contributed by atoms with Crippen molar-refractivity contribution in [3.05, 3.63) is 36.1 Å². The van der Waals surface area contributed by atoms with Gasteiger partial charge in [0, 0.05) is 18.5 Å². The molecule has 1 aromatic heterocycles. The molecule has 0 saturated carbocycles. The van der Waals surface area contributed by atoms with Gasteiger partial charge >= 0.3 is 0 Å². The molecule has 1 aromatic carbocycles. The van der Waals surface area contributed by atoms with Crippen molar-refractivity contribution in [1.29, 1.82) is 0 Å². The molecule has 1 aliphatic heterocycles. The van der Waals surface area contributed by atoms with E-state index in [1.165, 1.54) is 0 Å². The molecule has 1 fully saturated rings. The molecule has 2 aromatic rings. The van der Waals surface area contributed by atoms with E-state index in [-0.39, 0.29) is 23.7 Å². The first-order valence-corrected chi connectivity index (χ1v) is 7.14. The molecule has 2 heterocycles. The molecule has 1 saturated heterocycles. The number of para-hydroxylation sites is 1. The van der Waals surface area contributed by atoms with Crippen LogP contribution in [0.1, 0.15) is 30.3 Å². The van der Waals surface area contributed by atoms with Gasteiger partial charge in [-0.2, -0.15) is 0 Å². The highest BCUT2D eigenvalue weighted by molar-refractivity contribution is 5.96. The second kappa shape index (κ2) is 6.50. The third-order valence-corrected chi connectivity index (χ3v) is 4.01. The second-order valence-electron chi connectivity index (χ2n) is 5.92. The minimum absolute atomic E-state index is 0. The Bertz CT molecular complexity index is 585. The Morgan fingerprint density at radius 3 is 2.95 bits per heavy atom. The smallest absolute Gasteiger partial charge is 0.287 e. The highest BCUT2D eigenvalue weighted by Crippen LogP contribution is 2.24. The minimum Gasteiger partial charge on any atom is -0.451 e. The van der Waals surface area contributed by atoms with Crippen molar-refractivity contribution >= 4 is 29.3 Å². The summed E-state index contributed by atoms with van der Waals surface area (Å²) in [5.74, 6) is 0.256. The van der Waals surface area contributed by atoms with Gasteiger partial charge in [0.15, 0.2) is 5.76 Å². The van der Waals surface area contributed by atoms with E-state index in [4.69, 9.17) is 4.42 Å². The Morgan fingerprint density at radius 1 is 1.43 bits per heavy atom. The van der Waals surface area contributed by atoms with E-state index in [2.05, 4.69) is 17.6 Å². The number of nitrogens with one attached hydrogen (secondary N) is 2. The van der Waals surface area contributed by atoms with Crippen molar-refractivity contribution in [2.24, 2.45) is 5.41 Å². The van der Waals surface area contributed by atoms with Gasteiger partial charge < -0.3 is 15.1 Å².